The number of hydrogen-bond acceptors (Lipinski definition) is 4. The molecule has 0 aliphatic carbocycles. The second-order valence-electron chi connectivity index (χ2n) is 3.61. The van der Waals surface area contributed by atoms with Crippen molar-refractivity contribution in [2.45, 2.75) is 0 Å². The van der Waals surface area contributed by atoms with E-state index in [-0.39, 0.29) is 11.6 Å². The van der Waals surface area contributed by atoms with Crippen LogP contribution in [-0.4, -0.2) is 22.9 Å². The molecular weight excluding hydrogens is 228 g/mol. The van der Waals surface area contributed by atoms with E-state index in [0.717, 1.165) is 5.69 Å². The lowest BCUT2D eigenvalue weighted by Crippen LogP contribution is -2.26. The van der Waals surface area contributed by atoms with Crippen molar-refractivity contribution in [1.82, 2.24) is 9.97 Å². The maximum absolute atomic E-state index is 12.1. The lowest BCUT2D eigenvalue weighted by Gasteiger charge is -2.16. The Balaban J connectivity index is 2.23. The van der Waals surface area contributed by atoms with Gasteiger partial charge in [0.2, 0.25) is 0 Å². The summed E-state index contributed by atoms with van der Waals surface area (Å²) < 4.78 is 0. The highest BCUT2D eigenvalue weighted by Gasteiger charge is 2.13. The molecule has 0 aromatic carbocycles. The third kappa shape index (κ3) is 2.33. The third-order valence-electron chi connectivity index (χ3n) is 2.48. The van der Waals surface area contributed by atoms with Crippen LogP contribution in [0.2, 0.25) is 0 Å². The molecule has 0 unspecified atom stereocenters. The van der Waals surface area contributed by atoms with Crippen LogP contribution >= 0.6 is 0 Å². The summed E-state index contributed by atoms with van der Waals surface area (Å²) in [6.45, 7) is 0. The largest absolute Gasteiger partial charge is 0.311 e. The molecule has 18 heavy (non-hydrogen) atoms. The predicted octanol–water partition coefficient (Wildman–Crippen LogP) is 1.62. The first-order valence-electron chi connectivity index (χ1n) is 5.26. The Morgan fingerprint density at radius 2 is 2.00 bits per heavy atom. The maximum Gasteiger partial charge on any atom is 0.259 e. The number of amides is 1. The highest BCUT2D eigenvalue weighted by Crippen LogP contribution is 2.13. The minimum atomic E-state index is -0.182. The van der Waals surface area contributed by atoms with Gasteiger partial charge in [0.05, 0.1) is 5.56 Å². The van der Waals surface area contributed by atoms with Crippen molar-refractivity contribution in [3.8, 4) is 6.07 Å². The van der Waals surface area contributed by atoms with E-state index in [0.29, 0.717) is 5.56 Å². The van der Waals surface area contributed by atoms with Crippen molar-refractivity contribution in [2.75, 3.05) is 11.9 Å². The Morgan fingerprint density at radius 3 is 2.56 bits per heavy atom. The van der Waals surface area contributed by atoms with Crippen molar-refractivity contribution >= 4 is 11.6 Å². The van der Waals surface area contributed by atoms with E-state index >= 15 is 0 Å². The molecule has 2 aromatic heterocycles. The standard InChI is InChI=1S/C13H10N4O/c1-17(12-4-6-15-7-5-12)13(18)10-2-3-11(8-14)16-9-10/h2-7,9H,1H3. The van der Waals surface area contributed by atoms with Gasteiger partial charge in [-0.15, -0.1) is 0 Å². The molecule has 0 aliphatic heterocycles. The number of hydrogen-bond donors (Lipinski definition) is 0. The fraction of sp³-hybridized carbons (Fsp3) is 0.0769. The molecule has 0 spiro atoms. The number of rotatable bonds is 2. The molecule has 0 atom stereocenters. The number of aromatic nitrogens is 2. The van der Waals surface area contributed by atoms with Crippen LogP contribution in [0.15, 0.2) is 42.9 Å². The molecule has 5 nitrogen and oxygen atoms in total. The average molecular weight is 238 g/mol. The Hall–Kier alpha value is -2.74. The normalized spacial score (nSPS) is 9.56. The highest BCUT2D eigenvalue weighted by molar-refractivity contribution is 6.05. The van der Waals surface area contributed by atoms with Crippen molar-refractivity contribution in [1.29, 1.82) is 5.26 Å². The molecule has 88 valence electrons. The first-order valence-corrected chi connectivity index (χ1v) is 5.26. The van der Waals surface area contributed by atoms with Gasteiger partial charge in [0.25, 0.3) is 5.91 Å². The molecule has 2 heterocycles. The monoisotopic (exact) mass is 238 g/mol. The molecular formula is C13H10N4O. The van der Waals surface area contributed by atoms with Crippen LogP contribution in [-0.2, 0) is 0 Å². The van der Waals surface area contributed by atoms with Gasteiger partial charge in [-0.25, -0.2) is 4.98 Å². The number of pyridine rings is 2. The van der Waals surface area contributed by atoms with Crippen LogP contribution in [0.1, 0.15) is 16.1 Å². The third-order valence-corrected chi connectivity index (χ3v) is 2.48. The van der Waals surface area contributed by atoms with E-state index in [1.807, 2.05) is 6.07 Å². The molecule has 0 bridgehead atoms. The van der Waals surface area contributed by atoms with Gasteiger partial charge in [0, 0.05) is 31.3 Å². The molecule has 5 heteroatoms. The minimum Gasteiger partial charge on any atom is -0.311 e. The zero-order chi connectivity index (χ0) is 13.0. The minimum absolute atomic E-state index is 0.182. The molecule has 0 fully saturated rings. The van der Waals surface area contributed by atoms with Gasteiger partial charge in [0.15, 0.2) is 0 Å². The Kier molecular flexibility index (Phi) is 3.30. The van der Waals surface area contributed by atoms with Gasteiger partial charge in [0.1, 0.15) is 11.8 Å². The number of nitrogens with zero attached hydrogens (tertiary/aromatic N) is 4. The highest BCUT2D eigenvalue weighted by atomic mass is 16.2. The first kappa shape index (κ1) is 11.7. The predicted molar refractivity (Wildman–Crippen MR) is 65.9 cm³/mol. The molecule has 0 radical (unpaired) electrons. The number of nitriles is 1. The number of carbonyl (C=O) groups excluding carboxylic acids is 1. The number of anilines is 1. The van der Waals surface area contributed by atoms with Gasteiger partial charge in [-0.1, -0.05) is 0 Å². The molecule has 0 saturated heterocycles. The molecule has 2 rings (SSSR count). The smallest absolute Gasteiger partial charge is 0.259 e. The Morgan fingerprint density at radius 1 is 1.28 bits per heavy atom. The summed E-state index contributed by atoms with van der Waals surface area (Å²) >= 11 is 0. The summed E-state index contributed by atoms with van der Waals surface area (Å²) in [4.78, 5) is 21.4. The molecule has 0 aliphatic rings. The molecule has 0 saturated carbocycles. The zero-order valence-corrected chi connectivity index (χ0v) is 9.74. The first-order chi connectivity index (χ1) is 8.72. The van der Waals surface area contributed by atoms with E-state index in [4.69, 9.17) is 5.26 Å². The van der Waals surface area contributed by atoms with Crippen molar-refractivity contribution in [3.05, 3.63) is 54.1 Å². The van der Waals surface area contributed by atoms with E-state index < -0.39 is 0 Å². The fourth-order valence-electron chi connectivity index (χ4n) is 1.47. The van der Waals surface area contributed by atoms with Gasteiger partial charge in [-0.05, 0) is 24.3 Å². The van der Waals surface area contributed by atoms with E-state index in [1.54, 1.807) is 37.6 Å². The average Bonchev–Trinajstić information content (AvgIpc) is 2.47. The summed E-state index contributed by atoms with van der Waals surface area (Å²) in [5.41, 5.74) is 1.48. The summed E-state index contributed by atoms with van der Waals surface area (Å²) in [6.07, 6.45) is 4.64. The lowest BCUT2D eigenvalue weighted by atomic mass is 10.2. The summed E-state index contributed by atoms with van der Waals surface area (Å²) in [7, 11) is 1.68. The van der Waals surface area contributed by atoms with Gasteiger partial charge >= 0.3 is 0 Å². The summed E-state index contributed by atoms with van der Waals surface area (Å²) in [5, 5.41) is 8.64. The van der Waals surface area contributed by atoms with Gasteiger partial charge in [-0.3, -0.25) is 9.78 Å². The van der Waals surface area contributed by atoms with Crippen molar-refractivity contribution < 1.29 is 4.79 Å². The van der Waals surface area contributed by atoms with Crippen LogP contribution in [0, 0.1) is 11.3 Å². The summed E-state index contributed by atoms with van der Waals surface area (Å²) in [5.74, 6) is -0.182. The van der Waals surface area contributed by atoms with Crippen LogP contribution in [0.25, 0.3) is 0 Å². The summed E-state index contributed by atoms with van der Waals surface area (Å²) in [6, 6.07) is 8.51. The van der Waals surface area contributed by atoms with Crippen molar-refractivity contribution in [3.63, 3.8) is 0 Å². The van der Waals surface area contributed by atoms with Crippen molar-refractivity contribution in [2.24, 2.45) is 0 Å². The zero-order valence-electron chi connectivity index (χ0n) is 9.74. The molecule has 2 aromatic rings. The molecule has 1 amide bonds. The van der Waals surface area contributed by atoms with Crippen LogP contribution in [0.3, 0.4) is 0 Å². The molecule has 0 N–H and O–H groups in total. The Labute approximate surface area is 104 Å². The van der Waals surface area contributed by atoms with E-state index in [9.17, 15) is 4.79 Å². The SMILES string of the molecule is CN(C(=O)c1ccc(C#N)nc1)c1ccncc1. The van der Waals surface area contributed by atoms with Crippen LogP contribution in [0.5, 0.6) is 0 Å². The van der Waals surface area contributed by atoms with Crippen LogP contribution < -0.4 is 4.90 Å². The number of carbonyl (C=O) groups is 1. The Bertz CT molecular complexity index is 587. The quantitative estimate of drug-likeness (QED) is 0.797. The fourth-order valence-corrected chi connectivity index (χ4v) is 1.47. The van der Waals surface area contributed by atoms with Crippen LogP contribution in [0.4, 0.5) is 5.69 Å². The topological polar surface area (TPSA) is 69.9 Å². The second-order valence-corrected chi connectivity index (χ2v) is 3.61. The van der Waals surface area contributed by atoms with Gasteiger partial charge in [-0.2, -0.15) is 5.26 Å². The van der Waals surface area contributed by atoms with Gasteiger partial charge < -0.3 is 4.90 Å². The lowest BCUT2D eigenvalue weighted by molar-refractivity contribution is 0.0992. The van der Waals surface area contributed by atoms with E-state index in [1.165, 1.54) is 17.2 Å². The second kappa shape index (κ2) is 5.06. The van der Waals surface area contributed by atoms with E-state index in [2.05, 4.69) is 9.97 Å². The maximum atomic E-state index is 12.1.